The van der Waals surface area contributed by atoms with Crippen LogP contribution < -0.4 is 11.1 Å². The minimum Gasteiger partial charge on any atom is -0.341 e. The maximum Gasteiger partial charge on any atom is 0.471 e. The van der Waals surface area contributed by atoms with E-state index in [0.29, 0.717) is 22.8 Å². The number of aromatic nitrogens is 4. The van der Waals surface area contributed by atoms with Crippen molar-refractivity contribution in [3.8, 4) is 0 Å². The van der Waals surface area contributed by atoms with Gasteiger partial charge in [0, 0.05) is 58.5 Å². The number of amides is 1. The molecule has 0 spiro atoms. The molecule has 2 heterocycles. The Balaban J connectivity index is 0.000000194. The highest BCUT2D eigenvalue weighted by Crippen LogP contribution is 2.51. The van der Waals surface area contributed by atoms with E-state index in [4.69, 9.17) is 28.9 Å². The number of carbonyl (C=O) groups excluding carboxylic acids is 3. The van der Waals surface area contributed by atoms with E-state index in [1.807, 2.05) is 36.4 Å². The maximum atomic E-state index is 12.1. The summed E-state index contributed by atoms with van der Waals surface area (Å²) in [5.41, 5.74) is 8.20. The molecule has 14 heteroatoms. The molecular weight excluding hydrogens is 668 g/mol. The number of nitrogens with two attached hydrogens (primary N) is 1. The summed E-state index contributed by atoms with van der Waals surface area (Å²) in [6.07, 6.45) is 6.13. The normalized spacial score (nSPS) is 15.5. The van der Waals surface area contributed by atoms with Crippen LogP contribution in [-0.2, 0) is 28.5 Å². The van der Waals surface area contributed by atoms with Crippen molar-refractivity contribution in [2.24, 2.45) is 5.73 Å². The fraction of sp³-hybridized carbons (Fsp3) is 0.324. The third-order valence-corrected chi connectivity index (χ3v) is 8.95. The molecule has 48 heavy (non-hydrogen) atoms. The van der Waals surface area contributed by atoms with E-state index >= 15 is 0 Å². The molecule has 2 saturated carbocycles. The van der Waals surface area contributed by atoms with E-state index in [1.165, 1.54) is 23.3 Å². The minimum atomic E-state index is -5.03. The first-order valence-corrected chi connectivity index (χ1v) is 15.8. The van der Waals surface area contributed by atoms with Crippen LogP contribution in [-0.4, -0.2) is 56.7 Å². The zero-order chi connectivity index (χ0) is 34.5. The largest absolute Gasteiger partial charge is 0.471 e. The molecule has 250 valence electrons. The van der Waals surface area contributed by atoms with E-state index in [0.717, 1.165) is 48.5 Å². The van der Waals surface area contributed by atoms with Gasteiger partial charge in [-0.15, -0.1) is 0 Å². The van der Waals surface area contributed by atoms with Crippen LogP contribution in [0.5, 0.6) is 0 Å². The van der Waals surface area contributed by atoms with Gasteiger partial charge in [0.2, 0.25) is 0 Å². The molecule has 1 amide bonds. The van der Waals surface area contributed by atoms with Gasteiger partial charge >= 0.3 is 12.1 Å². The Labute approximate surface area is 284 Å². The molecule has 0 bridgehead atoms. The fourth-order valence-corrected chi connectivity index (χ4v) is 5.72. The lowest BCUT2D eigenvalue weighted by Gasteiger charge is -2.15. The maximum absolute atomic E-state index is 12.1. The third kappa shape index (κ3) is 8.80. The number of hydrogen-bond donors (Lipinski definition) is 2. The van der Waals surface area contributed by atoms with E-state index < -0.39 is 24.4 Å². The van der Waals surface area contributed by atoms with Crippen molar-refractivity contribution in [1.82, 2.24) is 25.3 Å². The van der Waals surface area contributed by atoms with Gasteiger partial charge in [-0.05, 0) is 61.1 Å². The van der Waals surface area contributed by atoms with Crippen molar-refractivity contribution in [3.63, 3.8) is 0 Å². The van der Waals surface area contributed by atoms with Gasteiger partial charge < -0.3 is 11.1 Å². The monoisotopic (exact) mass is 698 g/mol. The first kappa shape index (κ1) is 35.1. The highest BCUT2D eigenvalue weighted by molar-refractivity contribution is 6.30. The Morgan fingerprint density at radius 1 is 0.729 bits per heavy atom. The van der Waals surface area contributed by atoms with Crippen LogP contribution in [0.1, 0.15) is 69.2 Å². The minimum absolute atomic E-state index is 0.0187. The van der Waals surface area contributed by atoms with Gasteiger partial charge in [-0.1, -0.05) is 47.5 Å². The number of carbonyl (C=O) groups is 3. The smallest absolute Gasteiger partial charge is 0.341 e. The Kier molecular flexibility index (Phi) is 10.6. The average Bonchev–Trinajstić information content (AvgIpc) is 4.01. The lowest BCUT2D eigenvalue weighted by Crippen LogP contribution is -2.39. The summed E-state index contributed by atoms with van der Waals surface area (Å²) in [6, 6.07) is 15.6. The number of nitrogens with one attached hydrogen (secondary N) is 1. The molecule has 6 rings (SSSR count). The Morgan fingerprint density at radius 2 is 1.15 bits per heavy atom. The van der Waals surface area contributed by atoms with Crippen LogP contribution in [0.4, 0.5) is 13.2 Å². The molecule has 0 radical (unpaired) electrons. The Morgan fingerprint density at radius 3 is 1.50 bits per heavy atom. The number of alkyl halides is 3. The molecule has 0 saturated heterocycles. The number of nitrogens with zero attached hydrogens (tertiary/aromatic N) is 4. The van der Waals surface area contributed by atoms with Crippen LogP contribution >= 0.6 is 23.2 Å². The summed E-state index contributed by atoms with van der Waals surface area (Å²) in [6.45, 7) is -0.789. The topological polar surface area (TPSA) is 141 Å². The average molecular weight is 700 g/mol. The van der Waals surface area contributed by atoms with Gasteiger partial charge in [0.25, 0.3) is 0 Å². The van der Waals surface area contributed by atoms with Crippen LogP contribution in [0.2, 0.25) is 10.0 Å². The number of hydrogen-bond acceptors (Lipinski definition) is 8. The van der Waals surface area contributed by atoms with Crippen LogP contribution in [0.3, 0.4) is 0 Å². The van der Waals surface area contributed by atoms with Crippen LogP contribution in [0.25, 0.3) is 0 Å². The fourth-order valence-electron chi connectivity index (χ4n) is 5.34. The number of benzene rings is 2. The first-order chi connectivity index (χ1) is 22.8. The molecule has 0 unspecified atom stereocenters. The van der Waals surface area contributed by atoms with Crippen LogP contribution in [0.15, 0.2) is 73.3 Å². The summed E-state index contributed by atoms with van der Waals surface area (Å²) >= 11 is 12.1. The van der Waals surface area contributed by atoms with E-state index in [1.54, 1.807) is 18.5 Å². The summed E-state index contributed by atoms with van der Waals surface area (Å²) in [4.78, 5) is 51.0. The molecule has 2 aliphatic rings. The number of rotatable bonds is 11. The highest BCUT2D eigenvalue weighted by atomic mass is 35.5. The standard InChI is InChI=1S/C18H15ClF3N3O2.C16H16ClN3O/c19-13-3-1-2-12(6-13)17(4-5-17)7-15-23-8-11(9-24-15)14(26)10-25-16(27)18(20,21)22;17-13-3-1-2-12(6-13)16(4-5-16)7-15-19-9-11(10-20-15)14(21)8-18/h1-3,6,8-9H,4-5,7,10H2,(H,25,27);1-3,6,9-10H,4-5,7-8,18H2. The summed E-state index contributed by atoms with van der Waals surface area (Å²) < 4.78 is 36.4. The molecule has 2 aromatic carbocycles. The Hall–Kier alpha value is -4.26. The van der Waals surface area contributed by atoms with E-state index in [-0.39, 0.29) is 28.7 Å². The van der Waals surface area contributed by atoms with E-state index in [9.17, 15) is 27.6 Å². The lowest BCUT2D eigenvalue weighted by molar-refractivity contribution is -0.173. The SMILES string of the molecule is NCC(=O)c1cnc(CC2(c3cccc(Cl)c3)CC2)nc1.O=C(CNC(=O)C(F)(F)F)c1cnc(CC2(c3cccc(Cl)c3)CC2)nc1. The van der Waals surface area contributed by atoms with Crippen molar-refractivity contribution in [2.75, 3.05) is 13.1 Å². The summed E-state index contributed by atoms with van der Waals surface area (Å²) in [7, 11) is 0. The Bertz CT molecular complexity index is 1800. The molecule has 2 fully saturated rings. The third-order valence-electron chi connectivity index (χ3n) is 8.48. The number of Topliss-reactive ketones (excluding diaryl/α,β-unsaturated/α-hetero) is 2. The molecule has 3 N–H and O–H groups in total. The van der Waals surface area contributed by atoms with Crippen molar-refractivity contribution >= 4 is 40.7 Å². The van der Waals surface area contributed by atoms with Crippen molar-refractivity contribution < 1.29 is 27.6 Å². The first-order valence-electron chi connectivity index (χ1n) is 15.1. The molecule has 2 aromatic heterocycles. The van der Waals surface area contributed by atoms with Crippen molar-refractivity contribution in [1.29, 1.82) is 0 Å². The molecule has 4 aromatic rings. The second-order valence-electron chi connectivity index (χ2n) is 11.9. The quantitative estimate of drug-likeness (QED) is 0.187. The second-order valence-corrected chi connectivity index (χ2v) is 12.8. The van der Waals surface area contributed by atoms with Gasteiger partial charge in [0.1, 0.15) is 11.6 Å². The van der Waals surface area contributed by atoms with E-state index in [2.05, 4.69) is 26.0 Å². The van der Waals surface area contributed by atoms with Gasteiger partial charge in [0.05, 0.1) is 24.2 Å². The number of ketones is 2. The molecular formula is C34H31Cl2F3N6O3. The zero-order valence-corrected chi connectivity index (χ0v) is 27.1. The summed E-state index contributed by atoms with van der Waals surface area (Å²) in [5, 5.41) is 2.94. The highest BCUT2D eigenvalue weighted by Gasteiger charge is 2.46. The van der Waals surface area contributed by atoms with Crippen molar-refractivity contribution in [2.45, 2.75) is 55.5 Å². The summed E-state index contributed by atoms with van der Waals surface area (Å²) in [5.74, 6) is -1.72. The predicted octanol–water partition coefficient (Wildman–Crippen LogP) is 5.81. The van der Waals surface area contributed by atoms with Gasteiger partial charge in [-0.2, -0.15) is 13.2 Å². The van der Waals surface area contributed by atoms with Gasteiger partial charge in [-0.3, -0.25) is 14.4 Å². The predicted molar refractivity (Wildman–Crippen MR) is 173 cm³/mol. The molecule has 9 nitrogen and oxygen atoms in total. The molecule has 2 aliphatic carbocycles. The zero-order valence-electron chi connectivity index (χ0n) is 25.6. The lowest BCUT2D eigenvalue weighted by atomic mass is 9.92. The van der Waals surface area contributed by atoms with Gasteiger partial charge in [0.15, 0.2) is 11.6 Å². The molecule has 0 atom stereocenters. The van der Waals surface area contributed by atoms with Crippen LogP contribution in [0, 0.1) is 0 Å². The number of halogens is 5. The molecule has 0 aliphatic heterocycles. The van der Waals surface area contributed by atoms with Crippen molar-refractivity contribution in [3.05, 3.63) is 117 Å². The second kappa shape index (κ2) is 14.5. The van der Waals surface area contributed by atoms with Gasteiger partial charge in [-0.25, -0.2) is 19.9 Å².